The van der Waals surface area contributed by atoms with Crippen molar-refractivity contribution in [3.8, 4) is 11.5 Å². The van der Waals surface area contributed by atoms with Crippen molar-refractivity contribution in [1.29, 1.82) is 0 Å². The van der Waals surface area contributed by atoms with E-state index in [1.54, 1.807) is 6.07 Å². The number of ether oxygens (including phenoxy) is 2. The van der Waals surface area contributed by atoms with E-state index < -0.39 is 11.0 Å². The predicted molar refractivity (Wildman–Crippen MR) is 131 cm³/mol. The molecule has 0 bridgehead atoms. The number of hydrogen-bond acceptors (Lipinski definition) is 7. The second-order valence-corrected chi connectivity index (χ2v) is 9.18. The Morgan fingerprint density at radius 3 is 2.43 bits per heavy atom. The molecule has 0 saturated carbocycles. The van der Waals surface area contributed by atoms with Crippen LogP contribution in [-0.2, 0) is 4.79 Å². The summed E-state index contributed by atoms with van der Waals surface area (Å²) in [5.74, 6) is 0.626. The van der Waals surface area contributed by atoms with Gasteiger partial charge in [0.2, 0.25) is 6.79 Å². The molecule has 9 heteroatoms. The van der Waals surface area contributed by atoms with Gasteiger partial charge in [-0.05, 0) is 48.2 Å². The maximum Gasteiger partial charge on any atom is 0.279 e. The molecule has 2 heterocycles. The van der Waals surface area contributed by atoms with E-state index in [4.69, 9.17) is 21.1 Å². The number of nitrogens with zero attached hydrogens (tertiary/aromatic N) is 1. The van der Waals surface area contributed by atoms with E-state index in [1.165, 1.54) is 6.07 Å². The fourth-order valence-corrected chi connectivity index (χ4v) is 5.16. The van der Waals surface area contributed by atoms with Crippen LogP contribution in [0.2, 0.25) is 5.02 Å². The Morgan fingerprint density at radius 1 is 0.971 bits per heavy atom. The zero-order chi connectivity index (χ0) is 24.1. The molecule has 3 aromatic rings. The molecule has 0 saturated heterocycles. The van der Waals surface area contributed by atoms with Crippen molar-refractivity contribution < 1.29 is 19.2 Å². The third-order valence-electron chi connectivity index (χ3n) is 6.68. The molecular weight excluding hydrogens is 470 g/mol. The number of benzene rings is 3. The van der Waals surface area contributed by atoms with E-state index in [0.717, 1.165) is 22.6 Å². The van der Waals surface area contributed by atoms with Crippen LogP contribution >= 0.6 is 11.6 Å². The minimum Gasteiger partial charge on any atom is -0.454 e. The Morgan fingerprint density at radius 2 is 1.69 bits per heavy atom. The number of rotatable bonds is 3. The van der Waals surface area contributed by atoms with E-state index in [-0.39, 0.29) is 30.6 Å². The van der Waals surface area contributed by atoms with Gasteiger partial charge in [0.15, 0.2) is 17.3 Å². The molecule has 0 spiro atoms. The highest BCUT2D eigenvalue weighted by Crippen LogP contribution is 2.48. The normalized spacial score (nSPS) is 20.3. The average Bonchev–Trinajstić information content (AvgIpc) is 3.24. The molecule has 2 atom stereocenters. The molecule has 8 nitrogen and oxygen atoms in total. The standard InChI is InChI=1S/C26H20ClN3O5/c27-16-7-5-14(6-8-16)15-9-20-25(22(31)10-15)26(29-19-4-2-1-3-18(19)28-20)17-11-23-24(35-13-34-23)12-21(17)30(32)33/h1-8,11-12,15,26,28-29H,9-10,13H2/t15-,26+/m0/s1. The second-order valence-electron chi connectivity index (χ2n) is 8.74. The predicted octanol–water partition coefficient (Wildman–Crippen LogP) is 5.96. The number of anilines is 2. The van der Waals surface area contributed by atoms with Crippen molar-refractivity contribution in [2.24, 2.45) is 0 Å². The zero-order valence-corrected chi connectivity index (χ0v) is 19.2. The summed E-state index contributed by atoms with van der Waals surface area (Å²) in [6, 6.07) is 17.3. The Kier molecular flexibility index (Phi) is 5.11. The van der Waals surface area contributed by atoms with Gasteiger partial charge in [-0.1, -0.05) is 35.9 Å². The maximum atomic E-state index is 13.7. The molecule has 0 unspecified atom stereocenters. The van der Waals surface area contributed by atoms with Gasteiger partial charge >= 0.3 is 0 Å². The highest BCUT2D eigenvalue weighted by atomic mass is 35.5. The van der Waals surface area contributed by atoms with Crippen LogP contribution in [0.25, 0.3) is 0 Å². The Labute approximate surface area is 205 Å². The Hall–Kier alpha value is -4.04. The van der Waals surface area contributed by atoms with Crippen molar-refractivity contribution >= 4 is 34.4 Å². The van der Waals surface area contributed by atoms with E-state index in [0.29, 0.717) is 34.1 Å². The molecule has 1 aliphatic carbocycles. The molecule has 0 aromatic heterocycles. The van der Waals surface area contributed by atoms with Crippen LogP contribution in [0.1, 0.15) is 35.9 Å². The number of allylic oxidation sites excluding steroid dienone is 1. The lowest BCUT2D eigenvalue weighted by molar-refractivity contribution is -0.385. The molecule has 176 valence electrons. The van der Waals surface area contributed by atoms with Crippen LogP contribution in [0.5, 0.6) is 11.5 Å². The SMILES string of the molecule is O=C1C[C@@H](c2ccc(Cl)cc2)CC2=C1[C@@H](c1cc3c(cc1[N+](=O)[O-])OCO3)Nc1ccccc1N2. The Balaban J connectivity index is 1.51. The van der Waals surface area contributed by atoms with Gasteiger partial charge in [0.05, 0.1) is 34.0 Å². The quantitative estimate of drug-likeness (QED) is 0.346. The van der Waals surface area contributed by atoms with Crippen LogP contribution < -0.4 is 20.1 Å². The highest BCUT2D eigenvalue weighted by Gasteiger charge is 2.39. The van der Waals surface area contributed by atoms with E-state index in [1.807, 2.05) is 48.5 Å². The number of nitro groups is 1. The number of para-hydroxylation sites is 2. The molecule has 0 fully saturated rings. The fourth-order valence-electron chi connectivity index (χ4n) is 5.03. The fraction of sp³-hybridized carbons (Fsp3) is 0.192. The second kappa shape index (κ2) is 8.32. The molecule has 2 aliphatic heterocycles. The van der Waals surface area contributed by atoms with Gasteiger partial charge in [0, 0.05) is 22.7 Å². The van der Waals surface area contributed by atoms with Crippen LogP contribution in [0, 0.1) is 10.1 Å². The first kappa shape index (κ1) is 21.5. The summed E-state index contributed by atoms with van der Waals surface area (Å²) < 4.78 is 10.9. The smallest absolute Gasteiger partial charge is 0.279 e. The number of halogens is 1. The van der Waals surface area contributed by atoms with Crippen molar-refractivity contribution in [3.63, 3.8) is 0 Å². The van der Waals surface area contributed by atoms with Crippen LogP contribution in [0.3, 0.4) is 0 Å². The van der Waals surface area contributed by atoms with Crippen LogP contribution in [-0.4, -0.2) is 17.5 Å². The van der Waals surface area contributed by atoms with Crippen molar-refractivity contribution in [3.05, 3.63) is 98.2 Å². The molecule has 2 N–H and O–H groups in total. The number of nitrogens with one attached hydrogen (secondary N) is 2. The lowest BCUT2D eigenvalue weighted by atomic mass is 9.78. The molecule has 35 heavy (non-hydrogen) atoms. The van der Waals surface area contributed by atoms with Crippen molar-refractivity contribution in [2.45, 2.75) is 24.8 Å². The maximum absolute atomic E-state index is 13.7. The molecular formula is C26H20ClN3O5. The summed E-state index contributed by atoms with van der Waals surface area (Å²) in [6.07, 6.45) is 0.864. The summed E-state index contributed by atoms with van der Waals surface area (Å²) >= 11 is 6.06. The van der Waals surface area contributed by atoms with Crippen molar-refractivity contribution in [2.75, 3.05) is 17.4 Å². The van der Waals surface area contributed by atoms with Gasteiger partial charge in [-0.15, -0.1) is 0 Å². The van der Waals surface area contributed by atoms with Gasteiger partial charge in [-0.3, -0.25) is 14.9 Å². The molecule has 3 aromatic carbocycles. The molecule has 6 rings (SSSR count). The van der Waals surface area contributed by atoms with Crippen LogP contribution in [0.4, 0.5) is 17.1 Å². The first-order valence-electron chi connectivity index (χ1n) is 11.2. The summed E-state index contributed by atoms with van der Waals surface area (Å²) in [7, 11) is 0. The van der Waals surface area contributed by atoms with Gasteiger partial charge in [-0.25, -0.2) is 0 Å². The summed E-state index contributed by atoms with van der Waals surface area (Å²) in [5, 5.41) is 19.5. The topological polar surface area (TPSA) is 103 Å². The molecule has 0 amide bonds. The minimum absolute atomic E-state index is 0.00588. The zero-order valence-electron chi connectivity index (χ0n) is 18.4. The largest absolute Gasteiger partial charge is 0.454 e. The number of hydrogen-bond donors (Lipinski definition) is 2. The van der Waals surface area contributed by atoms with Gasteiger partial charge in [-0.2, -0.15) is 0 Å². The number of nitro benzene ring substituents is 1. The molecule has 0 radical (unpaired) electrons. The minimum atomic E-state index is -0.741. The lowest BCUT2D eigenvalue weighted by Gasteiger charge is -2.29. The van der Waals surface area contributed by atoms with Gasteiger partial charge in [0.25, 0.3) is 5.69 Å². The number of fused-ring (bicyclic) bond motifs is 2. The highest BCUT2D eigenvalue weighted by molar-refractivity contribution is 6.30. The third kappa shape index (κ3) is 3.76. The number of ketones is 1. The van der Waals surface area contributed by atoms with Crippen molar-refractivity contribution in [1.82, 2.24) is 0 Å². The van der Waals surface area contributed by atoms with Gasteiger partial charge in [0.1, 0.15) is 0 Å². The number of carbonyl (C=O) groups excluding carboxylic acids is 1. The number of Topliss-reactive ketones (excluding diaryl/α,β-unsaturated/α-hetero) is 1. The van der Waals surface area contributed by atoms with Crippen LogP contribution in [0.15, 0.2) is 71.9 Å². The first-order valence-corrected chi connectivity index (χ1v) is 11.6. The Bertz CT molecular complexity index is 1400. The van der Waals surface area contributed by atoms with Gasteiger partial charge < -0.3 is 20.1 Å². The number of carbonyl (C=O) groups is 1. The van der Waals surface area contributed by atoms with E-state index >= 15 is 0 Å². The first-order chi connectivity index (χ1) is 17.0. The average molecular weight is 490 g/mol. The third-order valence-corrected chi connectivity index (χ3v) is 6.93. The lowest BCUT2D eigenvalue weighted by Crippen LogP contribution is -2.27. The van der Waals surface area contributed by atoms with E-state index in [2.05, 4.69) is 10.6 Å². The monoisotopic (exact) mass is 489 g/mol. The summed E-state index contributed by atoms with van der Waals surface area (Å²) in [5.41, 5.74) is 4.02. The van der Waals surface area contributed by atoms with E-state index in [9.17, 15) is 14.9 Å². The molecule has 3 aliphatic rings. The summed E-state index contributed by atoms with van der Waals surface area (Å²) in [4.78, 5) is 25.3. The summed E-state index contributed by atoms with van der Waals surface area (Å²) in [6.45, 7) is -0.00588.